The molecule has 12 heteroatoms. The van der Waals surface area contributed by atoms with Crippen LogP contribution in [0.4, 0.5) is 10.5 Å². The number of fused-ring (bicyclic) bond motifs is 2. The lowest BCUT2D eigenvalue weighted by Gasteiger charge is -2.31. The number of thiazole rings is 1. The molecule has 3 N–H and O–H groups in total. The number of benzene rings is 2. The van der Waals surface area contributed by atoms with Crippen molar-refractivity contribution in [1.82, 2.24) is 9.47 Å². The SMILES string of the molecule is CC(C)(C)c1ccc([C@@H]2c3sc(=O)n(CC(=O)Nc4ccc(Cl)cc4)c3S[C@@H]3C(=O)N(C(N)=O)C(=O)[C@H]23)cc1. The minimum atomic E-state index is -1.13. The number of rotatable bonds is 4. The molecule has 0 unspecified atom stereocenters. The molecule has 2 aliphatic rings. The van der Waals surface area contributed by atoms with Gasteiger partial charge in [0.05, 0.1) is 10.9 Å². The van der Waals surface area contributed by atoms with Gasteiger partial charge in [-0.2, -0.15) is 4.90 Å². The van der Waals surface area contributed by atoms with Crippen LogP contribution >= 0.6 is 34.7 Å². The maximum Gasteiger partial charge on any atom is 0.328 e. The average molecular weight is 585 g/mol. The number of anilines is 1. The summed E-state index contributed by atoms with van der Waals surface area (Å²) in [6, 6.07) is 13.1. The van der Waals surface area contributed by atoms with E-state index in [0.29, 0.717) is 25.5 Å². The van der Waals surface area contributed by atoms with Gasteiger partial charge in [-0.25, -0.2) is 4.79 Å². The maximum atomic E-state index is 13.3. The summed E-state index contributed by atoms with van der Waals surface area (Å²) in [4.78, 5) is 65.3. The molecule has 0 radical (unpaired) electrons. The summed E-state index contributed by atoms with van der Waals surface area (Å²) in [7, 11) is 0. The number of nitrogens with two attached hydrogens (primary N) is 1. The van der Waals surface area contributed by atoms with Crippen molar-refractivity contribution in [2.75, 3.05) is 5.32 Å². The largest absolute Gasteiger partial charge is 0.351 e. The molecule has 3 heterocycles. The van der Waals surface area contributed by atoms with Crippen molar-refractivity contribution in [3.8, 4) is 0 Å². The Labute approximate surface area is 237 Å². The van der Waals surface area contributed by atoms with Crippen LogP contribution in [0.3, 0.4) is 0 Å². The zero-order chi connectivity index (χ0) is 28.2. The quantitative estimate of drug-likeness (QED) is 0.443. The molecule has 5 amide bonds. The highest BCUT2D eigenvalue weighted by Gasteiger charge is 2.57. The average Bonchev–Trinajstić information content (AvgIpc) is 3.31. The number of hydrogen-bond donors (Lipinski definition) is 2. The fraction of sp³-hybridized carbons (Fsp3) is 0.296. The number of amides is 5. The molecule has 0 spiro atoms. The number of aromatic nitrogens is 1. The Kier molecular flexibility index (Phi) is 6.94. The van der Waals surface area contributed by atoms with Gasteiger partial charge in [0.25, 0.3) is 5.91 Å². The number of thioether (sulfide) groups is 1. The van der Waals surface area contributed by atoms with Gasteiger partial charge in [0.15, 0.2) is 0 Å². The molecular formula is C27H25ClN4O5S2. The topological polar surface area (TPSA) is 132 Å². The van der Waals surface area contributed by atoms with Gasteiger partial charge in [-0.05, 0) is 40.8 Å². The number of nitrogens with zero attached hydrogens (tertiary/aromatic N) is 2. The van der Waals surface area contributed by atoms with Crippen LogP contribution in [-0.2, 0) is 26.3 Å². The minimum absolute atomic E-state index is 0.109. The van der Waals surface area contributed by atoms with E-state index in [0.717, 1.165) is 34.2 Å². The smallest absolute Gasteiger partial charge is 0.328 e. The Hall–Kier alpha value is -3.41. The van der Waals surface area contributed by atoms with Gasteiger partial charge in [0, 0.05) is 21.5 Å². The first-order valence-corrected chi connectivity index (χ1v) is 14.2. The predicted molar refractivity (Wildman–Crippen MR) is 150 cm³/mol. The van der Waals surface area contributed by atoms with E-state index in [1.54, 1.807) is 24.3 Å². The number of imide groups is 3. The first-order chi connectivity index (χ1) is 18.4. The molecular weight excluding hydrogens is 560 g/mol. The summed E-state index contributed by atoms with van der Waals surface area (Å²) in [6.45, 7) is 5.95. The van der Waals surface area contributed by atoms with Crippen molar-refractivity contribution >= 4 is 64.1 Å². The number of likely N-dealkylation sites (tertiary alicyclic amines) is 1. The van der Waals surface area contributed by atoms with Crippen molar-refractivity contribution in [3.05, 3.63) is 79.2 Å². The number of nitrogens with one attached hydrogen (secondary N) is 1. The highest BCUT2D eigenvalue weighted by Crippen LogP contribution is 2.53. The molecule has 202 valence electrons. The van der Waals surface area contributed by atoms with E-state index in [-0.39, 0.29) is 16.8 Å². The second-order valence-corrected chi connectivity index (χ2v) is 13.0. The van der Waals surface area contributed by atoms with Crippen LogP contribution < -0.4 is 15.9 Å². The zero-order valence-corrected chi connectivity index (χ0v) is 23.7. The van der Waals surface area contributed by atoms with Crippen molar-refractivity contribution in [1.29, 1.82) is 0 Å². The molecule has 2 aromatic carbocycles. The summed E-state index contributed by atoms with van der Waals surface area (Å²) in [5.74, 6) is -3.44. The lowest BCUT2D eigenvalue weighted by atomic mass is 9.81. The lowest BCUT2D eigenvalue weighted by Crippen LogP contribution is -2.41. The number of halogens is 1. The van der Waals surface area contributed by atoms with Crippen LogP contribution in [0.1, 0.15) is 42.7 Å². The van der Waals surface area contributed by atoms with Crippen molar-refractivity contribution < 1.29 is 19.2 Å². The minimum Gasteiger partial charge on any atom is -0.351 e. The molecule has 3 atom stereocenters. The van der Waals surface area contributed by atoms with E-state index < -0.39 is 40.8 Å². The molecule has 3 aromatic rings. The highest BCUT2D eigenvalue weighted by molar-refractivity contribution is 8.00. The van der Waals surface area contributed by atoms with Gasteiger partial charge in [0.2, 0.25) is 11.8 Å². The molecule has 5 rings (SSSR count). The van der Waals surface area contributed by atoms with Crippen LogP contribution in [0, 0.1) is 5.92 Å². The molecule has 1 fully saturated rings. The summed E-state index contributed by atoms with van der Waals surface area (Å²) < 4.78 is 1.31. The molecule has 1 saturated heterocycles. The molecule has 0 saturated carbocycles. The van der Waals surface area contributed by atoms with E-state index in [1.165, 1.54) is 4.57 Å². The van der Waals surface area contributed by atoms with Crippen LogP contribution in [0.5, 0.6) is 0 Å². The Morgan fingerprint density at radius 2 is 1.64 bits per heavy atom. The second kappa shape index (κ2) is 9.96. The summed E-state index contributed by atoms with van der Waals surface area (Å²) >= 11 is 7.86. The molecule has 0 bridgehead atoms. The summed E-state index contributed by atoms with van der Waals surface area (Å²) in [6.07, 6.45) is 0. The van der Waals surface area contributed by atoms with Crippen LogP contribution in [0.2, 0.25) is 5.02 Å². The van der Waals surface area contributed by atoms with E-state index in [1.807, 2.05) is 24.3 Å². The number of hydrogen-bond acceptors (Lipinski definition) is 7. The van der Waals surface area contributed by atoms with Gasteiger partial charge >= 0.3 is 10.9 Å². The third-order valence-corrected chi connectivity index (χ3v) is 9.69. The van der Waals surface area contributed by atoms with Gasteiger partial charge in [-0.15, -0.1) is 0 Å². The monoisotopic (exact) mass is 584 g/mol. The Bertz CT molecular complexity index is 1560. The standard InChI is InChI=1S/C27H25ClN4O5S2/c1-27(2,3)14-6-4-13(5-7-14)18-19-20(23(35)32(22(19)34)25(29)36)38-24-21(18)39-26(37)31(24)12-17(33)30-16-10-8-15(28)9-11-16/h4-11,18-20H,12H2,1-3H3,(H2,29,36)(H,30,33)/t18-,19+,20-/m0/s1. The van der Waals surface area contributed by atoms with Crippen LogP contribution in [0.25, 0.3) is 0 Å². The molecule has 0 aliphatic carbocycles. The van der Waals surface area contributed by atoms with Crippen LogP contribution in [-0.4, -0.2) is 38.5 Å². The van der Waals surface area contributed by atoms with Crippen molar-refractivity contribution in [3.63, 3.8) is 0 Å². The van der Waals surface area contributed by atoms with E-state index in [2.05, 4.69) is 26.1 Å². The van der Waals surface area contributed by atoms with E-state index >= 15 is 0 Å². The van der Waals surface area contributed by atoms with Gasteiger partial charge in [-0.1, -0.05) is 79.7 Å². The fourth-order valence-corrected chi connectivity index (χ4v) is 7.80. The molecule has 2 aliphatic heterocycles. The molecule has 39 heavy (non-hydrogen) atoms. The number of carbonyl (C=O) groups excluding carboxylic acids is 4. The Morgan fingerprint density at radius 3 is 2.23 bits per heavy atom. The third kappa shape index (κ3) is 4.90. The second-order valence-electron chi connectivity index (χ2n) is 10.4. The maximum absolute atomic E-state index is 13.3. The van der Waals surface area contributed by atoms with Crippen molar-refractivity contribution in [2.45, 2.75) is 48.9 Å². The number of urea groups is 1. The molecule has 9 nitrogen and oxygen atoms in total. The normalized spacial score (nSPS) is 20.5. The van der Waals surface area contributed by atoms with Crippen LogP contribution in [0.15, 0.2) is 58.4 Å². The first-order valence-electron chi connectivity index (χ1n) is 12.1. The van der Waals surface area contributed by atoms with E-state index in [4.69, 9.17) is 17.3 Å². The number of carbonyl (C=O) groups is 4. The van der Waals surface area contributed by atoms with Gasteiger partial charge in [0.1, 0.15) is 11.8 Å². The Morgan fingerprint density at radius 1 is 1.00 bits per heavy atom. The summed E-state index contributed by atoms with van der Waals surface area (Å²) in [5.41, 5.74) is 7.60. The first kappa shape index (κ1) is 27.2. The summed E-state index contributed by atoms with van der Waals surface area (Å²) in [5, 5.41) is 2.71. The lowest BCUT2D eigenvalue weighted by molar-refractivity contribution is -0.135. The van der Waals surface area contributed by atoms with Gasteiger partial charge < -0.3 is 11.1 Å². The van der Waals surface area contributed by atoms with Gasteiger partial charge in [-0.3, -0.25) is 23.7 Å². The van der Waals surface area contributed by atoms with E-state index in [9.17, 15) is 24.0 Å². The Balaban J connectivity index is 1.56. The third-order valence-electron chi connectivity index (χ3n) is 6.84. The number of primary amides is 1. The highest BCUT2D eigenvalue weighted by atomic mass is 35.5. The molecule has 1 aromatic heterocycles. The fourth-order valence-electron chi connectivity index (χ4n) is 4.90. The predicted octanol–water partition coefficient (Wildman–Crippen LogP) is 4.17. The zero-order valence-electron chi connectivity index (χ0n) is 21.3. The van der Waals surface area contributed by atoms with Crippen molar-refractivity contribution in [2.24, 2.45) is 11.7 Å².